The lowest BCUT2D eigenvalue weighted by molar-refractivity contribution is 0.159. The van der Waals surface area contributed by atoms with Gasteiger partial charge in [0, 0.05) is 47.0 Å². The summed E-state index contributed by atoms with van der Waals surface area (Å²) in [6.45, 7) is 3.51. The highest BCUT2D eigenvalue weighted by Crippen LogP contribution is 2.20. The van der Waals surface area contributed by atoms with E-state index in [1.165, 1.54) is 4.31 Å². The van der Waals surface area contributed by atoms with E-state index in [4.69, 9.17) is 15.2 Å². The molecule has 0 spiro atoms. The van der Waals surface area contributed by atoms with Crippen LogP contribution >= 0.6 is 0 Å². The summed E-state index contributed by atoms with van der Waals surface area (Å²) in [7, 11) is -0.225. The molecular weight excluding hydrogens is 294 g/mol. The van der Waals surface area contributed by atoms with E-state index in [-0.39, 0.29) is 0 Å². The van der Waals surface area contributed by atoms with Gasteiger partial charge in [-0.1, -0.05) is 0 Å². The fourth-order valence-corrected chi connectivity index (χ4v) is 4.12. The number of methoxy groups -OCH3 is 2. The molecule has 1 aliphatic rings. The van der Waals surface area contributed by atoms with E-state index in [2.05, 4.69) is 0 Å². The molecule has 0 atom stereocenters. The molecule has 0 amide bonds. The van der Waals surface area contributed by atoms with Crippen molar-refractivity contribution in [3.8, 4) is 0 Å². The summed E-state index contributed by atoms with van der Waals surface area (Å²) in [4.78, 5) is 0. The number of hydrogen-bond acceptors (Lipinski definition) is 5. The molecule has 0 saturated carbocycles. The minimum Gasteiger partial charge on any atom is -0.385 e. The topological polar surface area (TPSA) is 85.1 Å². The Morgan fingerprint density at radius 3 is 2.29 bits per heavy atom. The number of hydrogen-bond donors (Lipinski definition) is 1. The second-order valence-corrected chi connectivity index (χ2v) is 7.25. The van der Waals surface area contributed by atoms with Gasteiger partial charge >= 0.3 is 0 Å². The zero-order chi connectivity index (χ0) is 15.7. The normalized spacial score (nSPS) is 18.5. The van der Waals surface area contributed by atoms with Gasteiger partial charge in [-0.15, -0.1) is 0 Å². The van der Waals surface area contributed by atoms with Crippen molar-refractivity contribution in [2.45, 2.75) is 19.3 Å². The first kappa shape index (κ1) is 18.8. The fourth-order valence-electron chi connectivity index (χ4n) is 2.46. The third kappa shape index (κ3) is 5.80. The van der Waals surface area contributed by atoms with Crippen molar-refractivity contribution in [2.75, 3.05) is 60.2 Å². The van der Waals surface area contributed by atoms with Gasteiger partial charge in [-0.05, 0) is 31.7 Å². The minimum atomic E-state index is -3.42. The molecule has 1 rings (SSSR count). The maximum absolute atomic E-state index is 12.7. The Morgan fingerprint density at radius 2 is 1.76 bits per heavy atom. The van der Waals surface area contributed by atoms with E-state index in [1.54, 1.807) is 18.5 Å². The van der Waals surface area contributed by atoms with Gasteiger partial charge in [0.1, 0.15) is 0 Å². The quantitative estimate of drug-likeness (QED) is 0.567. The molecule has 0 aliphatic carbocycles. The van der Waals surface area contributed by atoms with E-state index in [0.29, 0.717) is 58.3 Å². The largest absolute Gasteiger partial charge is 0.385 e. The van der Waals surface area contributed by atoms with Crippen LogP contribution in [0.3, 0.4) is 0 Å². The standard InChI is InChI=1S/C13H29N3O4S/c1-19-10-3-6-15(9-11-20-2)21(17,18)16-7-4-13(12-14)5-8-16/h13H,3-12,14H2,1-2H3. The average Bonchev–Trinajstić information content (AvgIpc) is 2.50. The molecule has 0 aromatic rings. The lowest BCUT2D eigenvalue weighted by Crippen LogP contribution is -2.49. The number of nitrogens with two attached hydrogens (primary N) is 1. The summed E-state index contributed by atoms with van der Waals surface area (Å²) in [6, 6.07) is 0. The number of piperidine rings is 1. The molecule has 126 valence electrons. The van der Waals surface area contributed by atoms with Crippen LogP contribution < -0.4 is 5.73 Å². The van der Waals surface area contributed by atoms with Crippen LogP contribution in [0, 0.1) is 5.92 Å². The van der Waals surface area contributed by atoms with E-state index in [0.717, 1.165) is 12.8 Å². The molecule has 1 aliphatic heterocycles. The van der Waals surface area contributed by atoms with Crippen LogP contribution in [-0.4, -0.2) is 77.2 Å². The molecule has 0 aromatic heterocycles. The zero-order valence-corrected chi connectivity index (χ0v) is 14.0. The first-order chi connectivity index (χ1) is 10.1. The van der Waals surface area contributed by atoms with Gasteiger partial charge in [-0.2, -0.15) is 17.0 Å². The van der Waals surface area contributed by atoms with Crippen LogP contribution in [0.2, 0.25) is 0 Å². The first-order valence-electron chi connectivity index (χ1n) is 7.49. The van der Waals surface area contributed by atoms with Crippen LogP contribution in [0.4, 0.5) is 0 Å². The Bertz CT molecular complexity index is 370. The lowest BCUT2D eigenvalue weighted by Gasteiger charge is -2.34. The molecule has 0 bridgehead atoms. The van der Waals surface area contributed by atoms with Crippen LogP contribution in [-0.2, 0) is 19.7 Å². The van der Waals surface area contributed by atoms with Gasteiger partial charge in [0.25, 0.3) is 10.2 Å². The van der Waals surface area contributed by atoms with Crippen LogP contribution in [0.25, 0.3) is 0 Å². The van der Waals surface area contributed by atoms with Gasteiger partial charge in [0.2, 0.25) is 0 Å². The Hall–Kier alpha value is -0.250. The Morgan fingerprint density at radius 1 is 1.14 bits per heavy atom. The summed E-state index contributed by atoms with van der Waals surface area (Å²) in [5.41, 5.74) is 5.66. The predicted molar refractivity (Wildman–Crippen MR) is 82.2 cm³/mol. The van der Waals surface area contributed by atoms with Crippen LogP contribution in [0.1, 0.15) is 19.3 Å². The van der Waals surface area contributed by atoms with Crippen molar-refractivity contribution >= 4 is 10.2 Å². The van der Waals surface area contributed by atoms with Gasteiger partial charge in [0.05, 0.1) is 6.61 Å². The molecule has 1 saturated heterocycles. The summed E-state index contributed by atoms with van der Waals surface area (Å²) in [5, 5.41) is 0. The van der Waals surface area contributed by atoms with E-state index >= 15 is 0 Å². The molecule has 1 fully saturated rings. The molecule has 8 heteroatoms. The SMILES string of the molecule is COCCCN(CCOC)S(=O)(=O)N1CCC(CN)CC1. The van der Waals surface area contributed by atoms with Crippen LogP contribution in [0.5, 0.6) is 0 Å². The van der Waals surface area contributed by atoms with E-state index in [1.807, 2.05) is 0 Å². The highest BCUT2D eigenvalue weighted by molar-refractivity contribution is 7.86. The molecule has 21 heavy (non-hydrogen) atoms. The second kappa shape index (κ2) is 9.70. The summed E-state index contributed by atoms with van der Waals surface area (Å²) in [6.07, 6.45) is 2.36. The van der Waals surface area contributed by atoms with Gasteiger partial charge in [-0.25, -0.2) is 0 Å². The highest BCUT2D eigenvalue weighted by atomic mass is 32.2. The van der Waals surface area contributed by atoms with Gasteiger partial charge in [0.15, 0.2) is 0 Å². The second-order valence-electron chi connectivity index (χ2n) is 5.32. The summed E-state index contributed by atoms with van der Waals surface area (Å²) >= 11 is 0. The smallest absolute Gasteiger partial charge is 0.282 e. The van der Waals surface area contributed by atoms with Crippen molar-refractivity contribution in [1.29, 1.82) is 0 Å². The predicted octanol–water partition coefficient (Wildman–Crippen LogP) is -0.113. The van der Waals surface area contributed by atoms with Crippen molar-refractivity contribution in [3.05, 3.63) is 0 Å². The Kier molecular flexibility index (Phi) is 8.69. The van der Waals surface area contributed by atoms with Gasteiger partial charge < -0.3 is 15.2 Å². The average molecular weight is 323 g/mol. The number of nitrogens with zero attached hydrogens (tertiary/aromatic N) is 2. The minimum absolute atomic E-state index is 0.374. The number of ether oxygens (including phenoxy) is 2. The molecule has 0 aromatic carbocycles. The van der Waals surface area contributed by atoms with Crippen molar-refractivity contribution in [2.24, 2.45) is 11.7 Å². The van der Waals surface area contributed by atoms with E-state index < -0.39 is 10.2 Å². The maximum atomic E-state index is 12.7. The monoisotopic (exact) mass is 323 g/mol. The Balaban J connectivity index is 2.64. The van der Waals surface area contributed by atoms with E-state index in [9.17, 15) is 8.42 Å². The summed E-state index contributed by atoms with van der Waals surface area (Å²) in [5.74, 6) is 0.442. The van der Waals surface area contributed by atoms with Crippen molar-refractivity contribution < 1.29 is 17.9 Å². The molecule has 0 unspecified atom stereocenters. The molecule has 7 nitrogen and oxygen atoms in total. The fraction of sp³-hybridized carbons (Fsp3) is 1.00. The van der Waals surface area contributed by atoms with Crippen molar-refractivity contribution in [1.82, 2.24) is 8.61 Å². The van der Waals surface area contributed by atoms with Crippen LogP contribution in [0.15, 0.2) is 0 Å². The van der Waals surface area contributed by atoms with Gasteiger partial charge in [-0.3, -0.25) is 0 Å². The first-order valence-corrected chi connectivity index (χ1v) is 8.89. The summed E-state index contributed by atoms with van der Waals surface area (Å²) < 4.78 is 38.5. The molecular formula is C13H29N3O4S. The molecule has 1 heterocycles. The number of rotatable bonds is 10. The third-order valence-electron chi connectivity index (χ3n) is 3.86. The zero-order valence-electron chi connectivity index (χ0n) is 13.2. The molecule has 0 radical (unpaired) electrons. The lowest BCUT2D eigenvalue weighted by atomic mass is 9.99. The van der Waals surface area contributed by atoms with Crippen molar-refractivity contribution in [3.63, 3.8) is 0 Å². The maximum Gasteiger partial charge on any atom is 0.282 e. The Labute approximate surface area is 128 Å². The molecule has 2 N–H and O–H groups in total. The highest BCUT2D eigenvalue weighted by Gasteiger charge is 2.32. The third-order valence-corrected chi connectivity index (χ3v) is 5.90.